The molecule has 1 aromatic carbocycles. The van der Waals surface area contributed by atoms with Crippen LogP contribution in [0.15, 0.2) is 24.3 Å². The third-order valence-electron chi connectivity index (χ3n) is 3.60. The van der Waals surface area contributed by atoms with E-state index in [0.29, 0.717) is 5.92 Å². The topological polar surface area (TPSA) is 34.1 Å². The highest BCUT2D eigenvalue weighted by atomic mass is 35.5. The van der Waals surface area contributed by atoms with Crippen LogP contribution in [-0.2, 0) is 9.84 Å². The molecule has 0 bridgehead atoms. The molecule has 1 aromatic rings. The third-order valence-corrected chi connectivity index (χ3v) is 5.52. The Hall–Kier alpha value is -0.540. The van der Waals surface area contributed by atoms with Crippen LogP contribution in [0.1, 0.15) is 37.2 Å². The molecule has 1 aliphatic rings. The van der Waals surface area contributed by atoms with Crippen molar-refractivity contribution in [2.75, 3.05) is 6.26 Å². The van der Waals surface area contributed by atoms with Crippen LogP contribution in [0, 0.1) is 0 Å². The van der Waals surface area contributed by atoms with Crippen LogP contribution in [-0.4, -0.2) is 19.9 Å². The summed E-state index contributed by atoms with van der Waals surface area (Å²) in [6.07, 6.45) is 4.78. The van der Waals surface area contributed by atoms with Gasteiger partial charge < -0.3 is 0 Å². The van der Waals surface area contributed by atoms with Crippen LogP contribution >= 0.6 is 11.6 Å². The van der Waals surface area contributed by atoms with Crippen molar-refractivity contribution in [2.24, 2.45) is 0 Å². The van der Waals surface area contributed by atoms with E-state index in [1.54, 1.807) is 0 Å². The minimum absolute atomic E-state index is 0.141. The summed E-state index contributed by atoms with van der Waals surface area (Å²) in [5.41, 5.74) is 1.24. The minimum atomic E-state index is -2.87. The Balaban J connectivity index is 2.05. The fraction of sp³-hybridized carbons (Fsp3) is 0.538. The molecule has 1 saturated carbocycles. The molecular formula is C13H17ClO2S. The molecule has 94 valence electrons. The van der Waals surface area contributed by atoms with Crippen molar-refractivity contribution < 1.29 is 8.42 Å². The molecule has 0 aromatic heterocycles. The summed E-state index contributed by atoms with van der Waals surface area (Å²) in [7, 11) is -2.87. The van der Waals surface area contributed by atoms with Gasteiger partial charge in [-0.05, 0) is 49.3 Å². The second-order valence-corrected chi connectivity index (χ2v) is 7.62. The molecule has 1 fully saturated rings. The van der Waals surface area contributed by atoms with E-state index in [1.165, 1.54) is 11.8 Å². The number of rotatable bonds is 2. The molecule has 4 heteroatoms. The Morgan fingerprint density at radius 1 is 1.18 bits per heavy atom. The van der Waals surface area contributed by atoms with E-state index in [-0.39, 0.29) is 5.25 Å². The van der Waals surface area contributed by atoms with Crippen molar-refractivity contribution in [1.29, 1.82) is 0 Å². The number of halogens is 1. The van der Waals surface area contributed by atoms with Crippen molar-refractivity contribution >= 4 is 21.4 Å². The monoisotopic (exact) mass is 272 g/mol. The van der Waals surface area contributed by atoms with Gasteiger partial charge in [0.05, 0.1) is 5.25 Å². The summed E-state index contributed by atoms with van der Waals surface area (Å²) < 4.78 is 22.9. The fourth-order valence-electron chi connectivity index (χ4n) is 2.58. The molecule has 0 atom stereocenters. The maximum Gasteiger partial charge on any atom is 0.150 e. The highest BCUT2D eigenvalue weighted by Gasteiger charge is 2.28. The Kier molecular flexibility index (Phi) is 3.79. The van der Waals surface area contributed by atoms with Gasteiger partial charge in [0.25, 0.3) is 0 Å². The summed E-state index contributed by atoms with van der Waals surface area (Å²) in [6.45, 7) is 0. The lowest BCUT2D eigenvalue weighted by Gasteiger charge is -2.27. The van der Waals surface area contributed by atoms with Gasteiger partial charge in [0.1, 0.15) is 9.84 Å². The van der Waals surface area contributed by atoms with E-state index in [4.69, 9.17) is 11.6 Å². The van der Waals surface area contributed by atoms with E-state index < -0.39 is 9.84 Å². The van der Waals surface area contributed by atoms with Crippen molar-refractivity contribution in [1.82, 2.24) is 0 Å². The summed E-state index contributed by atoms with van der Waals surface area (Å²) in [5, 5.41) is 0.616. The van der Waals surface area contributed by atoms with Gasteiger partial charge in [-0.3, -0.25) is 0 Å². The Bertz CT molecular complexity index is 488. The molecular weight excluding hydrogens is 256 g/mol. The number of benzene rings is 1. The van der Waals surface area contributed by atoms with Gasteiger partial charge in [0, 0.05) is 11.3 Å². The van der Waals surface area contributed by atoms with Crippen LogP contribution in [0.4, 0.5) is 0 Å². The minimum Gasteiger partial charge on any atom is -0.229 e. The van der Waals surface area contributed by atoms with Crippen molar-refractivity contribution in [2.45, 2.75) is 36.9 Å². The molecule has 0 amide bonds. The summed E-state index contributed by atoms with van der Waals surface area (Å²) in [5.74, 6) is 0.465. The molecule has 0 spiro atoms. The van der Waals surface area contributed by atoms with E-state index in [0.717, 1.165) is 30.7 Å². The van der Waals surface area contributed by atoms with Crippen molar-refractivity contribution in [3.8, 4) is 0 Å². The van der Waals surface area contributed by atoms with Gasteiger partial charge in [-0.15, -0.1) is 0 Å². The van der Waals surface area contributed by atoms with E-state index in [2.05, 4.69) is 6.07 Å². The highest BCUT2D eigenvalue weighted by Crippen LogP contribution is 2.35. The molecule has 0 radical (unpaired) electrons. The second-order valence-electron chi connectivity index (χ2n) is 4.86. The van der Waals surface area contributed by atoms with Crippen LogP contribution < -0.4 is 0 Å². The fourth-order valence-corrected chi connectivity index (χ4v) is 3.91. The maximum atomic E-state index is 11.5. The van der Waals surface area contributed by atoms with Crippen molar-refractivity contribution in [3.63, 3.8) is 0 Å². The Morgan fingerprint density at radius 3 is 2.35 bits per heavy atom. The van der Waals surface area contributed by atoms with Crippen LogP contribution in [0.5, 0.6) is 0 Å². The average Bonchev–Trinajstić information content (AvgIpc) is 2.28. The first-order valence-corrected chi connectivity index (χ1v) is 8.24. The van der Waals surface area contributed by atoms with E-state index in [1.807, 2.05) is 18.2 Å². The highest BCUT2D eigenvalue weighted by molar-refractivity contribution is 7.91. The molecule has 0 unspecified atom stereocenters. The molecule has 0 saturated heterocycles. The zero-order valence-electron chi connectivity index (χ0n) is 9.90. The van der Waals surface area contributed by atoms with E-state index >= 15 is 0 Å². The lowest BCUT2D eigenvalue weighted by molar-refractivity contribution is 0.437. The van der Waals surface area contributed by atoms with Gasteiger partial charge in [0.2, 0.25) is 0 Å². The predicted octanol–water partition coefficient (Wildman–Crippen LogP) is 3.41. The summed E-state index contributed by atoms with van der Waals surface area (Å²) >= 11 is 5.97. The van der Waals surface area contributed by atoms with Crippen LogP contribution in [0.3, 0.4) is 0 Å². The largest absolute Gasteiger partial charge is 0.229 e. The summed E-state index contributed by atoms with van der Waals surface area (Å²) in [6, 6.07) is 7.90. The number of hydrogen-bond acceptors (Lipinski definition) is 2. The van der Waals surface area contributed by atoms with Crippen molar-refractivity contribution in [3.05, 3.63) is 34.9 Å². The van der Waals surface area contributed by atoms with Gasteiger partial charge in [-0.25, -0.2) is 8.42 Å². The van der Waals surface area contributed by atoms with Gasteiger partial charge in [0.15, 0.2) is 0 Å². The molecule has 2 rings (SSSR count). The zero-order valence-corrected chi connectivity index (χ0v) is 11.5. The normalized spacial score (nSPS) is 25.8. The van der Waals surface area contributed by atoms with Gasteiger partial charge >= 0.3 is 0 Å². The number of hydrogen-bond donors (Lipinski definition) is 0. The van der Waals surface area contributed by atoms with E-state index in [9.17, 15) is 8.42 Å². The third kappa shape index (κ3) is 3.23. The van der Waals surface area contributed by atoms with Gasteiger partial charge in [-0.2, -0.15) is 0 Å². The quantitative estimate of drug-likeness (QED) is 0.827. The van der Waals surface area contributed by atoms with Crippen LogP contribution in [0.25, 0.3) is 0 Å². The Morgan fingerprint density at radius 2 is 1.82 bits per heavy atom. The standard InChI is InChI=1S/C13H17ClO2S/c1-17(15,16)13-7-5-10(6-8-13)11-3-2-4-12(14)9-11/h2-4,9-10,13H,5-8H2,1H3. The Labute approximate surface area is 108 Å². The maximum absolute atomic E-state index is 11.5. The number of sulfone groups is 1. The first kappa shape index (κ1) is 12.9. The molecule has 17 heavy (non-hydrogen) atoms. The lowest BCUT2D eigenvalue weighted by atomic mass is 9.84. The average molecular weight is 273 g/mol. The first-order valence-electron chi connectivity index (χ1n) is 5.91. The second kappa shape index (κ2) is 4.99. The molecule has 2 nitrogen and oxygen atoms in total. The molecule has 0 N–H and O–H groups in total. The van der Waals surface area contributed by atoms with Gasteiger partial charge in [-0.1, -0.05) is 23.7 Å². The molecule has 0 aliphatic heterocycles. The smallest absolute Gasteiger partial charge is 0.150 e. The zero-order chi connectivity index (χ0) is 12.5. The SMILES string of the molecule is CS(=O)(=O)C1CCC(c2cccc(Cl)c2)CC1. The predicted molar refractivity (Wildman–Crippen MR) is 71.3 cm³/mol. The van der Waals surface area contributed by atoms with Crippen LogP contribution in [0.2, 0.25) is 5.02 Å². The molecule has 1 aliphatic carbocycles. The molecule has 0 heterocycles. The first-order chi connectivity index (χ1) is 7.97. The summed E-state index contributed by atoms with van der Waals surface area (Å²) in [4.78, 5) is 0. The lowest BCUT2D eigenvalue weighted by Crippen LogP contribution is -2.25.